The predicted octanol–water partition coefficient (Wildman–Crippen LogP) is 0.680. The van der Waals surface area contributed by atoms with Gasteiger partial charge in [0, 0.05) is 19.6 Å². The monoisotopic (exact) mass is 369 g/mol. The zero-order chi connectivity index (χ0) is 18.3. The SMILES string of the molecule is C[C@@H](C(=O)NCCCN1CCOCC1)N(c1ccccc1)S(C)(=O)=O. The number of benzene rings is 1. The van der Waals surface area contributed by atoms with E-state index < -0.39 is 16.1 Å². The summed E-state index contributed by atoms with van der Waals surface area (Å²) in [4.78, 5) is 14.7. The highest BCUT2D eigenvalue weighted by Crippen LogP contribution is 2.20. The molecule has 0 aliphatic carbocycles. The quantitative estimate of drug-likeness (QED) is 0.682. The van der Waals surface area contributed by atoms with Crippen molar-refractivity contribution in [2.24, 2.45) is 0 Å². The van der Waals surface area contributed by atoms with E-state index in [4.69, 9.17) is 4.74 Å². The number of sulfonamides is 1. The summed E-state index contributed by atoms with van der Waals surface area (Å²) >= 11 is 0. The van der Waals surface area contributed by atoms with Crippen LogP contribution in [0.1, 0.15) is 13.3 Å². The van der Waals surface area contributed by atoms with Gasteiger partial charge in [-0.15, -0.1) is 0 Å². The lowest BCUT2D eigenvalue weighted by Gasteiger charge is -2.28. The second kappa shape index (κ2) is 9.17. The summed E-state index contributed by atoms with van der Waals surface area (Å²) in [5.41, 5.74) is 0.487. The number of carbonyl (C=O) groups is 1. The molecule has 0 bridgehead atoms. The fraction of sp³-hybridized carbons (Fsp3) is 0.588. The molecule has 1 aliphatic heterocycles. The number of hydrogen-bond donors (Lipinski definition) is 1. The first-order valence-electron chi connectivity index (χ1n) is 8.52. The third-order valence-corrected chi connectivity index (χ3v) is 5.39. The van der Waals surface area contributed by atoms with E-state index in [0.717, 1.165) is 49.8 Å². The van der Waals surface area contributed by atoms with E-state index in [-0.39, 0.29) is 5.91 Å². The molecule has 0 radical (unpaired) electrons. The molecule has 1 amide bonds. The Morgan fingerprint density at radius 2 is 1.92 bits per heavy atom. The number of para-hydroxylation sites is 1. The Bertz CT molecular complexity index is 645. The molecule has 7 nitrogen and oxygen atoms in total. The van der Waals surface area contributed by atoms with Crippen LogP contribution < -0.4 is 9.62 Å². The first-order chi connectivity index (χ1) is 11.9. The van der Waals surface area contributed by atoms with Gasteiger partial charge < -0.3 is 10.1 Å². The minimum atomic E-state index is -3.56. The summed E-state index contributed by atoms with van der Waals surface area (Å²) in [7, 11) is -3.56. The van der Waals surface area contributed by atoms with Gasteiger partial charge in [0.05, 0.1) is 25.2 Å². The maximum absolute atomic E-state index is 12.4. The number of nitrogens with one attached hydrogen (secondary N) is 1. The van der Waals surface area contributed by atoms with Crippen LogP contribution >= 0.6 is 0 Å². The molecule has 1 aromatic carbocycles. The average Bonchev–Trinajstić information content (AvgIpc) is 2.59. The van der Waals surface area contributed by atoms with Gasteiger partial charge in [-0.2, -0.15) is 0 Å². The molecule has 0 spiro atoms. The first kappa shape index (κ1) is 19.7. The lowest BCUT2D eigenvalue weighted by molar-refractivity contribution is -0.121. The van der Waals surface area contributed by atoms with Crippen LogP contribution in [0.3, 0.4) is 0 Å². The summed E-state index contributed by atoms with van der Waals surface area (Å²) in [6, 6.07) is 7.87. The third-order valence-electron chi connectivity index (χ3n) is 4.15. The predicted molar refractivity (Wildman–Crippen MR) is 98.1 cm³/mol. The highest BCUT2D eigenvalue weighted by molar-refractivity contribution is 7.92. The fourth-order valence-electron chi connectivity index (χ4n) is 2.87. The standard InChI is InChI=1S/C17H27N3O4S/c1-15(20(25(2,22)23)16-7-4-3-5-8-16)17(21)18-9-6-10-19-11-13-24-14-12-19/h3-5,7-8,15H,6,9-14H2,1-2H3,(H,18,21)/t15-/m0/s1. The second-order valence-corrected chi connectivity index (χ2v) is 8.03. The van der Waals surface area contributed by atoms with Crippen LogP contribution in [0.15, 0.2) is 30.3 Å². The van der Waals surface area contributed by atoms with Crippen LogP contribution in [0.4, 0.5) is 5.69 Å². The topological polar surface area (TPSA) is 79.0 Å². The van der Waals surface area contributed by atoms with E-state index in [2.05, 4.69) is 10.2 Å². The zero-order valence-corrected chi connectivity index (χ0v) is 15.7. The number of rotatable bonds is 8. The van der Waals surface area contributed by atoms with Gasteiger partial charge in [-0.3, -0.25) is 14.0 Å². The Morgan fingerprint density at radius 1 is 1.28 bits per heavy atom. The fourth-order valence-corrected chi connectivity index (χ4v) is 4.05. The van der Waals surface area contributed by atoms with Crippen LogP contribution in [0.25, 0.3) is 0 Å². The van der Waals surface area contributed by atoms with E-state index in [1.54, 1.807) is 37.3 Å². The summed E-state index contributed by atoms with van der Waals surface area (Å²) in [5.74, 6) is -0.295. The average molecular weight is 369 g/mol. The van der Waals surface area contributed by atoms with Crippen molar-refractivity contribution >= 4 is 21.6 Å². The third kappa shape index (κ3) is 5.98. The molecule has 2 rings (SSSR count). The van der Waals surface area contributed by atoms with Gasteiger partial charge in [-0.25, -0.2) is 8.42 Å². The molecule has 1 fully saturated rings. The summed E-state index contributed by atoms with van der Waals surface area (Å²) in [5, 5.41) is 2.84. The maximum atomic E-state index is 12.4. The Labute approximate surface area is 150 Å². The van der Waals surface area contributed by atoms with Gasteiger partial charge in [0.15, 0.2) is 0 Å². The Morgan fingerprint density at radius 3 is 2.52 bits per heavy atom. The molecule has 1 saturated heterocycles. The highest BCUT2D eigenvalue weighted by atomic mass is 32.2. The molecule has 1 aliphatic rings. The molecular weight excluding hydrogens is 342 g/mol. The van der Waals surface area contributed by atoms with Gasteiger partial charge in [0.2, 0.25) is 15.9 Å². The maximum Gasteiger partial charge on any atom is 0.243 e. The van der Waals surface area contributed by atoms with E-state index in [1.807, 2.05) is 0 Å². The molecule has 0 saturated carbocycles. The zero-order valence-electron chi connectivity index (χ0n) is 14.8. The van der Waals surface area contributed by atoms with Crippen molar-refractivity contribution in [2.75, 3.05) is 50.0 Å². The van der Waals surface area contributed by atoms with Crippen LogP contribution in [-0.2, 0) is 19.6 Å². The van der Waals surface area contributed by atoms with E-state index in [1.165, 1.54) is 0 Å². The van der Waals surface area contributed by atoms with Gasteiger partial charge in [-0.1, -0.05) is 18.2 Å². The number of anilines is 1. The van der Waals surface area contributed by atoms with Crippen LogP contribution in [-0.4, -0.2) is 70.9 Å². The van der Waals surface area contributed by atoms with Gasteiger partial charge in [-0.05, 0) is 32.0 Å². The van der Waals surface area contributed by atoms with Crippen molar-refractivity contribution in [1.82, 2.24) is 10.2 Å². The van der Waals surface area contributed by atoms with Crippen molar-refractivity contribution in [1.29, 1.82) is 0 Å². The van der Waals surface area contributed by atoms with Crippen molar-refractivity contribution in [3.8, 4) is 0 Å². The number of amides is 1. The van der Waals surface area contributed by atoms with Crippen molar-refractivity contribution in [3.05, 3.63) is 30.3 Å². The Hall–Kier alpha value is -1.64. The lowest BCUT2D eigenvalue weighted by atomic mass is 10.2. The largest absolute Gasteiger partial charge is 0.379 e. The van der Waals surface area contributed by atoms with Crippen molar-refractivity contribution < 1.29 is 17.9 Å². The van der Waals surface area contributed by atoms with Crippen LogP contribution in [0, 0.1) is 0 Å². The number of carbonyl (C=O) groups excluding carboxylic acids is 1. The Kier molecular flexibility index (Phi) is 7.22. The molecule has 140 valence electrons. The lowest BCUT2D eigenvalue weighted by Crippen LogP contribution is -2.48. The van der Waals surface area contributed by atoms with Gasteiger partial charge in [0.1, 0.15) is 6.04 Å². The molecule has 1 aromatic rings. The molecule has 0 unspecified atom stereocenters. The highest BCUT2D eigenvalue weighted by Gasteiger charge is 2.28. The summed E-state index contributed by atoms with van der Waals surface area (Å²) in [6.07, 6.45) is 1.94. The van der Waals surface area contributed by atoms with Crippen molar-refractivity contribution in [3.63, 3.8) is 0 Å². The minimum absolute atomic E-state index is 0.295. The minimum Gasteiger partial charge on any atom is -0.379 e. The number of nitrogens with zero attached hydrogens (tertiary/aromatic N) is 2. The molecule has 25 heavy (non-hydrogen) atoms. The summed E-state index contributed by atoms with van der Waals surface area (Å²) in [6.45, 7) is 6.36. The number of ether oxygens (including phenoxy) is 1. The molecule has 1 atom stereocenters. The molecule has 8 heteroatoms. The Balaban J connectivity index is 1.88. The molecule has 1 heterocycles. The van der Waals surface area contributed by atoms with E-state index in [0.29, 0.717) is 12.2 Å². The van der Waals surface area contributed by atoms with Crippen LogP contribution in [0.2, 0.25) is 0 Å². The van der Waals surface area contributed by atoms with E-state index >= 15 is 0 Å². The van der Waals surface area contributed by atoms with Crippen molar-refractivity contribution in [2.45, 2.75) is 19.4 Å². The van der Waals surface area contributed by atoms with E-state index in [9.17, 15) is 13.2 Å². The smallest absolute Gasteiger partial charge is 0.243 e. The molecule has 1 N–H and O–H groups in total. The molecule has 0 aromatic heterocycles. The summed E-state index contributed by atoms with van der Waals surface area (Å²) < 4.78 is 30.7. The van der Waals surface area contributed by atoms with Crippen LogP contribution in [0.5, 0.6) is 0 Å². The first-order valence-corrected chi connectivity index (χ1v) is 10.4. The number of morpholine rings is 1. The van der Waals surface area contributed by atoms with Gasteiger partial charge in [0.25, 0.3) is 0 Å². The normalized spacial score (nSPS) is 17.0. The second-order valence-electron chi connectivity index (χ2n) is 6.17. The van der Waals surface area contributed by atoms with Gasteiger partial charge >= 0.3 is 0 Å². The number of hydrogen-bond acceptors (Lipinski definition) is 5. The molecular formula is C17H27N3O4S.